The quantitative estimate of drug-likeness (QED) is 0.837. The molecule has 21 heavy (non-hydrogen) atoms. The molecule has 0 aromatic heterocycles. The topological polar surface area (TPSA) is 59.6 Å². The predicted octanol–water partition coefficient (Wildman–Crippen LogP) is 1.60. The molecule has 1 fully saturated rings. The minimum absolute atomic E-state index is 0. The van der Waals surface area contributed by atoms with Gasteiger partial charge in [-0.15, -0.1) is 12.4 Å². The summed E-state index contributed by atoms with van der Waals surface area (Å²) in [7, 11) is 3.24. The summed E-state index contributed by atoms with van der Waals surface area (Å²) in [6.45, 7) is 4.28. The maximum Gasteiger partial charge on any atom is 0.223 e. The Bertz CT molecular complexity index is 478. The Labute approximate surface area is 131 Å². The number of benzene rings is 1. The van der Waals surface area contributed by atoms with Crippen LogP contribution in [0.2, 0.25) is 0 Å². The summed E-state index contributed by atoms with van der Waals surface area (Å²) in [6, 6.07) is 5.57. The van der Waals surface area contributed by atoms with Crippen LogP contribution in [0.3, 0.4) is 0 Å². The van der Waals surface area contributed by atoms with Crippen molar-refractivity contribution < 1.29 is 14.3 Å². The van der Waals surface area contributed by atoms with Gasteiger partial charge in [0.05, 0.1) is 14.2 Å². The molecule has 1 aromatic rings. The van der Waals surface area contributed by atoms with Crippen LogP contribution in [0.5, 0.6) is 11.5 Å². The first kappa shape index (κ1) is 17.6. The van der Waals surface area contributed by atoms with Crippen LogP contribution in [0.15, 0.2) is 18.2 Å². The predicted molar refractivity (Wildman–Crippen MR) is 84.2 cm³/mol. The summed E-state index contributed by atoms with van der Waals surface area (Å²) in [5.74, 6) is 2.08. The molecule has 2 rings (SSSR count). The molecule has 0 spiro atoms. The van der Waals surface area contributed by atoms with Gasteiger partial charge in [-0.1, -0.05) is 6.92 Å². The molecule has 0 radical (unpaired) electrons. The van der Waals surface area contributed by atoms with Gasteiger partial charge in [0.2, 0.25) is 5.91 Å². The number of halogens is 1. The highest BCUT2D eigenvalue weighted by Gasteiger charge is 2.28. The molecule has 0 aliphatic carbocycles. The summed E-state index contributed by atoms with van der Waals surface area (Å²) in [5.41, 5.74) is 0.916. The Morgan fingerprint density at radius 2 is 2.10 bits per heavy atom. The van der Waals surface area contributed by atoms with E-state index in [2.05, 4.69) is 10.6 Å². The number of hydrogen-bond acceptors (Lipinski definition) is 4. The molecule has 1 amide bonds. The molecule has 1 aromatic carbocycles. The highest BCUT2D eigenvalue weighted by atomic mass is 35.5. The highest BCUT2D eigenvalue weighted by molar-refractivity contribution is 5.85. The average Bonchev–Trinajstić information content (AvgIpc) is 2.42. The Morgan fingerprint density at radius 1 is 1.38 bits per heavy atom. The molecule has 1 aliphatic heterocycles. The SMILES string of the molecule is COc1ccc(OC)c(CNC(=O)C(C)C2CNC2)c1.Cl. The van der Waals surface area contributed by atoms with Crippen LogP contribution in [0.1, 0.15) is 12.5 Å². The fourth-order valence-corrected chi connectivity index (χ4v) is 2.24. The Morgan fingerprint density at radius 3 is 2.62 bits per heavy atom. The van der Waals surface area contributed by atoms with Crippen molar-refractivity contribution in [3.8, 4) is 11.5 Å². The molecule has 118 valence electrons. The number of carbonyl (C=O) groups is 1. The molecule has 1 aliphatic rings. The fraction of sp³-hybridized carbons (Fsp3) is 0.533. The van der Waals surface area contributed by atoms with Gasteiger partial charge in [0.15, 0.2) is 0 Å². The Balaban J connectivity index is 0.00000220. The van der Waals surface area contributed by atoms with E-state index in [1.165, 1.54) is 0 Å². The van der Waals surface area contributed by atoms with Crippen LogP contribution in [0.4, 0.5) is 0 Å². The molecule has 6 heteroatoms. The molecule has 5 nitrogen and oxygen atoms in total. The number of ether oxygens (including phenoxy) is 2. The zero-order valence-electron chi connectivity index (χ0n) is 12.6. The van der Waals surface area contributed by atoms with Crippen molar-refractivity contribution in [2.45, 2.75) is 13.5 Å². The maximum absolute atomic E-state index is 12.1. The van der Waals surface area contributed by atoms with E-state index in [9.17, 15) is 4.79 Å². The van der Waals surface area contributed by atoms with Crippen molar-refractivity contribution in [2.75, 3.05) is 27.3 Å². The lowest BCUT2D eigenvalue weighted by Gasteiger charge is -2.31. The van der Waals surface area contributed by atoms with E-state index in [0.717, 1.165) is 30.2 Å². The van der Waals surface area contributed by atoms with Crippen LogP contribution in [0, 0.1) is 11.8 Å². The van der Waals surface area contributed by atoms with Crippen LogP contribution in [-0.2, 0) is 11.3 Å². The first-order chi connectivity index (χ1) is 9.65. The molecule has 0 saturated carbocycles. The molecular formula is C15H23ClN2O3. The lowest BCUT2D eigenvalue weighted by molar-refractivity contribution is -0.126. The molecule has 1 heterocycles. The molecule has 1 unspecified atom stereocenters. The monoisotopic (exact) mass is 314 g/mol. The van der Waals surface area contributed by atoms with E-state index in [1.807, 2.05) is 25.1 Å². The van der Waals surface area contributed by atoms with Gasteiger partial charge >= 0.3 is 0 Å². The molecule has 1 saturated heterocycles. The standard InChI is InChI=1S/C15H22N2O3.ClH/c1-10(12-7-16-8-12)15(18)17-9-11-6-13(19-2)4-5-14(11)20-3;/h4-6,10,12,16H,7-9H2,1-3H3,(H,17,18);1H. The summed E-state index contributed by atoms with van der Waals surface area (Å²) in [5, 5.41) is 6.16. The summed E-state index contributed by atoms with van der Waals surface area (Å²) in [4.78, 5) is 12.1. The third-order valence-corrected chi connectivity index (χ3v) is 3.87. The second kappa shape index (κ2) is 8.10. The first-order valence-corrected chi connectivity index (χ1v) is 6.85. The van der Waals surface area contributed by atoms with Gasteiger partial charge in [-0.25, -0.2) is 0 Å². The second-order valence-corrected chi connectivity index (χ2v) is 5.10. The fourth-order valence-electron chi connectivity index (χ4n) is 2.24. The Kier molecular flexibility index (Phi) is 6.78. The zero-order chi connectivity index (χ0) is 14.5. The van der Waals surface area contributed by atoms with E-state index in [4.69, 9.17) is 9.47 Å². The van der Waals surface area contributed by atoms with Crippen LogP contribution in [-0.4, -0.2) is 33.2 Å². The minimum atomic E-state index is 0. The molecule has 2 N–H and O–H groups in total. The van der Waals surface area contributed by atoms with Crippen LogP contribution >= 0.6 is 12.4 Å². The van der Waals surface area contributed by atoms with Crippen molar-refractivity contribution in [1.29, 1.82) is 0 Å². The third-order valence-electron chi connectivity index (χ3n) is 3.87. The minimum Gasteiger partial charge on any atom is -0.497 e. The van der Waals surface area contributed by atoms with Crippen LogP contribution < -0.4 is 20.1 Å². The smallest absolute Gasteiger partial charge is 0.223 e. The van der Waals surface area contributed by atoms with E-state index >= 15 is 0 Å². The summed E-state index contributed by atoms with van der Waals surface area (Å²) < 4.78 is 10.5. The molecular weight excluding hydrogens is 292 g/mol. The normalized spacial score (nSPS) is 15.4. The zero-order valence-corrected chi connectivity index (χ0v) is 13.5. The van der Waals surface area contributed by atoms with Gasteiger partial charge in [0.25, 0.3) is 0 Å². The van der Waals surface area contributed by atoms with E-state index in [-0.39, 0.29) is 24.2 Å². The number of carbonyl (C=O) groups excluding carboxylic acids is 1. The van der Waals surface area contributed by atoms with E-state index in [0.29, 0.717) is 12.5 Å². The number of hydrogen-bond donors (Lipinski definition) is 2. The van der Waals surface area contributed by atoms with Gasteiger partial charge in [-0.3, -0.25) is 4.79 Å². The third kappa shape index (κ3) is 4.25. The molecule has 0 bridgehead atoms. The van der Waals surface area contributed by atoms with Gasteiger partial charge in [-0.2, -0.15) is 0 Å². The van der Waals surface area contributed by atoms with Crippen molar-refractivity contribution in [3.05, 3.63) is 23.8 Å². The van der Waals surface area contributed by atoms with Gasteiger partial charge in [0, 0.05) is 18.0 Å². The number of nitrogens with one attached hydrogen (secondary N) is 2. The molecule has 1 atom stereocenters. The number of rotatable bonds is 6. The maximum atomic E-state index is 12.1. The number of amides is 1. The van der Waals surface area contributed by atoms with Crippen LogP contribution in [0.25, 0.3) is 0 Å². The van der Waals surface area contributed by atoms with Crippen molar-refractivity contribution in [3.63, 3.8) is 0 Å². The van der Waals surface area contributed by atoms with Crippen molar-refractivity contribution >= 4 is 18.3 Å². The lowest BCUT2D eigenvalue weighted by atomic mass is 9.88. The van der Waals surface area contributed by atoms with Gasteiger partial charge in [-0.05, 0) is 37.2 Å². The summed E-state index contributed by atoms with van der Waals surface area (Å²) in [6.07, 6.45) is 0. The first-order valence-electron chi connectivity index (χ1n) is 6.85. The Hall–Kier alpha value is -1.46. The lowest BCUT2D eigenvalue weighted by Crippen LogP contribution is -2.49. The van der Waals surface area contributed by atoms with Crippen molar-refractivity contribution in [1.82, 2.24) is 10.6 Å². The second-order valence-electron chi connectivity index (χ2n) is 5.10. The summed E-state index contributed by atoms with van der Waals surface area (Å²) >= 11 is 0. The van der Waals surface area contributed by atoms with Crippen molar-refractivity contribution in [2.24, 2.45) is 11.8 Å². The average molecular weight is 315 g/mol. The largest absolute Gasteiger partial charge is 0.497 e. The van der Waals surface area contributed by atoms with Gasteiger partial charge < -0.3 is 20.1 Å². The van der Waals surface area contributed by atoms with E-state index in [1.54, 1.807) is 14.2 Å². The van der Waals surface area contributed by atoms with E-state index < -0.39 is 0 Å². The highest BCUT2D eigenvalue weighted by Crippen LogP contribution is 2.24. The van der Waals surface area contributed by atoms with Gasteiger partial charge in [0.1, 0.15) is 11.5 Å². The number of methoxy groups -OCH3 is 2.